The van der Waals surface area contributed by atoms with E-state index in [0.29, 0.717) is 12.8 Å². The summed E-state index contributed by atoms with van der Waals surface area (Å²) in [6, 6.07) is -0.552. The van der Waals surface area contributed by atoms with E-state index in [9.17, 15) is 13.2 Å². The molecule has 3 atom stereocenters. The normalized spacial score (nSPS) is 26.4. The van der Waals surface area contributed by atoms with Crippen LogP contribution in [-0.2, 0) is 14.6 Å². The minimum Gasteiger partial charge on any atom is -0.353 e. The third kappa shape index (κ3) is 3.67. The van der Waals surface area contributed by atoms with Gasteiger partial charge in [-0.3, -0.25) is 4.79 Å². The van der Waals surface area contributed by atoms with Gasteiger partial charge in [-0.15, -0.1) is 0 Å². The van der Waals surface area contributed by atoms with E-state index < -0.39 is 21.1 Å². The van der Waals surface area contributed by atoms with E-state index in [1.54, 1.807) is 0 Å². The van der Waals surface area contributed by atoms with Gasteiger partial charge in [0.05, 0.1) is 17.0 Å². The molecule has 1 aliphatic heterocycles. The average molecular weight is 262 g/mol. The van der Waals surface area contributed by atoms with Gasteiger partial charge in [-0.25, -0.2) is 8.42 Å². The lowest BCUT2D eigenvalue weighted by molar-refractivity contribution is -0.123. The molecule has 0 aromatic rings. The van der Waals surface area contributed by atoms with Crippen molar-refractivity contribution in [3.05, 3.63) is 0 Å². The zero-order valence-corrected chi connectivity index (χ0v) is 11.3. The SMILES string of the molecule is CCC(C)C(N)C(=O)NCC1CCCS1(=O)=O. The van der Waals surface area contributed by atoms with Crippen LogP contribution in [-0.4, -0.2) is 37.9 Å². The van der Waals surface area contributed by atoms with Crippen LogP contribution in [0.3, 0.4) is 0 Å². The number of carbonyl (C=O) groups excluding carboxylic acids is 1. The van der Waals surface area contributed by atoms with Gasteiger partial charge in [0, 0.05) is 6.54 Å². The Morgan fingerprint density at radius 1 is 1.53 bits per heavy atom. The Morgan fingerprint density at radius 3 is 2.65 bits per heavy atom. The van der Waals surface area contributed by atoms with Gasteiger partial charge in [0.2, 0.25) is 5.91 Å². The number of carbonyl (C=O) groups is 1. The molecule has 6 heteroatoms. The molecular weight excluding hydrogens is 240 g/mol. The Kier molecular flexibility index (Phi) is 4.94. The molecule has 0 bridgehead atoms. The average Bonchev–Trinajstić information content (AvgIpc) is 2.63. The highest BCUT2D eigenvalue weighted by Gasteiger charge is 2.32. The molecule has 0 aliphatic carbocycles. The molecule has 3 unspecified atom stereocenters. The van der Waals surface area contributed by atoms with Crippen molar-refractivity contribution in [1.29, 1.82) is 0 Å². The minimum atomic E-state index is -2.99. The van der Waals surface area contributed by atoms with Gasteiger partial charge in [-0.2, -0.15) is 0 Å². The zero-order chi connectivity index (χ0) is 13.1. The van der Waals surface area contributed by atoms with Crippen molar-refractivity contribution in [3.8, 4) is 0 Å². The fraction of sp³-hybridized carbons (Fsp3) is 0.909. The predicted molar refractivity (Wildman–Crippen MR) is 67.2 cm³/mol. The van der Waals surface area contributed by atoms with Crippen LogP contribution >= 0.6 is 0 Å². The molecule has 3 N–H and O–H groups in total. The monoisotopic (exact) mass is 262 g/mol. The lowest BCUT2D eigenvalue weighted by Crippen LogP contribution is -2.47. The Hall–Kier alpha value is -0.620. The second-order valence-corrected chi connectivity index (χ2v) is 7.19. The van der Waals surface area contributed by atoms with E-state index in [0.717, 1.165) is 6.42 Å². The van der Waals surface area contributed by atoms with E-state index in [1.165, 1.54) is 0 Å². The summed E-state index contributed by atoms with van der Waals surface area (Å²) in [5, 5.41) is 2.23. The highest BCUT2D eigenvalue weighted by Crippen LogP contribution is 2.19. The fourth-order valence-corrected chi connectivity index (χ4v) is 3.70. The first kappa shape index (κ1) is 14.4. The summed E-state index contributed by atoms with van der Waals surface area (Å²) in [6.07, 6.45) is 2.16. The van der Waals surface area contributed by atoms with Gasteiger partial charge in [0.1, 0.15) is 0 Å². The summed E-state index contributed by atoms with van der Waals surface area (Å²) in [4.78, 5) is 11.7. The largest absolute Gasteiger partial charge is 0.353 e. The lowest BCUT2D eigenvalue weighted by Gasteiger charge is -2.19. The van der Waals surface area contributed by atoms with Crippen LogP contribution in [0.5, 0.6) is 0 Å². The van der Waals surface area contributed by atoms with Gasteiger partial charge in [-0.1, -0.05) is 20.3 Å². The van der Waals surface area contributed by atoms with Crippen molar-refractivity contribution < 1.29 is 13.2 Å². The molecule has 1 aliphatic rings. The molecule has 100 valence electrons. The molecule has 1 rings (SSSR count). The van der Waals surface area contributed by atoms with Crippen molar-refractivity contribution in [2.75, 3.05) is 12.3 Å². The van der Waals surface area contributed by atoms with E-state index in [-0.39, 0.29) is 24.1 Å². The number of nitrogens with two attached hydrogens (primary N) is 1. The number of amides is 1. The van der Waals surface area contributed by atoms with Crippen LogP contribution in [0.15, 0.2) is 0 Å². The lowest BCUT2D eigenvalue weighted by atomic mass is 9.99. The first-order chi connectivity index (χ1) is 7.88. The van der Waals surface area contributed by atoms with Crippen molar-refractivity contribution in [1.82, 2.24) is 5.32 Å². The summed E-state index contributed by atoms with van der Waals surface area (Å²) < 4.78 is 23.1. The van der Waals surface area contributed by atoms with Crippen LogP contribution in [0.2, 0.25) is 0 Å². The molecule has 1 amide bonds. The van der Waals surface area contributed by atoms with E-state index in [4.69, 9.17) is 5.73 Å². The first-order valence-corrected chi connectivity index (χ1v) is 7.85. The molecule has 1 saturated heterocycles. The van der Waals surface area contributed by atoms with Gasteiger partial charge in [-0.05, 0) is 18.8 Å². The minimum absolute atomic E-state index is 0.107. The molecule has 0 saturated carbocycles. The maximum atomic E-state index is 11.7. The van der Waals surface area contributed by atoms with Crippen LogP contribution < -0.4 is 11.1 Å². The van der Waals surface area contributed by atoms with Crippen molar-refractivity contribution in [2.24, 2.45) is 11.7 Å². The van der Waals surface area contributed by atoms with Crippen molar-refractivity contribution >= 4 is 15.7 Å². The van der Waals surface area contributed by atoms with Gasteiger partial charge < -0.3 is 11.1 Å². The maximum absolute atomic E-state index is 11.7. The molecule has 17 heavy (non-hydrogen) atoms. The van der Waals surface area contributed by atoms with Crippen LogP contribution in [0.4, 0.5) is 0 Å². The summed E-state index contributed by atoms with van der Waals surface area (Å²) in [6.45, 7) is 4.08. The van der Waals surface area contributed by atoms with Gasteiger partial charge >= 0.3 is 0 Å². The molecule has 0 aromatic carbocycles. The van der Waals surface area contributed by atoms with Crippen LogP contribution in [0.1, 0.15) is 33.1 Å². The number of hydrogen-bond acceptors (Lipinski definition) is 4. The first-order valence-electron chi connectivity index (χ1n) is 6.13. The Morgan fingerprint density at radius 2 is 2.18 bits per heavy atom. The Balaban J connectivity index is 2.43. The van der Waals surface area contributed by atoms with E-state index in [2.05, 4.69) is 5.32 Å². The van der Waals surface area contributed by atoms with Crippen molar-refractivity contribution in [2.45, 2.75) is 44.4 Å². The standard InChI is InChI=1S/C11H22N2O3S/c1-3-8(2)10(12)11(14)13-7-9-5-4-6-17(9,15)16/h8-10H,3-7,12H2,1-2H3,(H,13,14). The molecule has 0 aromatic heterocycles. The molecule has 5 nitrogen and oxygen atoms in total. The Bertz CT molecular complexity index is 367. The quantitative estimate of drug-likeness (QED) is 0.733. The number of rotatable bonds is 5. The topological polar surface area (TPSA) is 89.3 Å². The Labute approximate surface area is 103 Å². The third-order valence-electron chi connectivity index (χ3n) is 3.53. The van der Waals surface area contributed by atoms with Crippen LogP contribution in [0.25, 0.3) is 0 Å². The van der Waals surface area contributed by atoms with Gasteiger partial charge in [0.15, 0.2) is 9.84 Å². The molecule has 0 spiro atoms. The highest BCUT2D eigenvalue weighted by molar-refractivity contribution is 7.92. The van der Waals surface area contributed by atoms with Crippen LogP contribution in [0, 0.1) is 5.92 Å². The fourth-order valence-electron chi connectivity index (χ4n) is 1.93. The smallest absolute Gasteiger partial charge is 0.237 e. The zero-order valence-electron chi connectivity index (χ0n) is 10.5. The summed E-state index contributed by atoms with van der Waals surface area (Å²) in [5.74, 6) is 0.0990. The molecule has 0 radical (unpaired) electrons. The second kappa shape index (κ2) is 5.82. The predicted octanol–water partition coefficient (Wildman–Crippen LogP) is 0.0532. The summed E-state index contributed by atoms with van der Waals surface area (Å²) in [5.41, 5.74) is 5.76. The highest BCUT2D eigenvalue weighted by atomic mass is 32.2. The third-order valence-corrected chi connectivity index (χ3v) is 5.80. The molecule has 1 heterocycles. The molecule has 1 fully saturated rings. The van der Waals surface area contributed by atoms with E-state index >= 15 is 0 Å². The van der Waals surface area contributed by atoms with Gasteiger partial charge in [0.25, 0.3) is 0 Å². The number of sulfone groups is 1. The second-order valence-electron chi connectivity index (χ2n) is 4.79. The van der Waals surface area contributed by atoms with Crippen molar-refractivity contribution in [3.63, 3.8) is 0 Å². The summed E-state index contributed by atoms with van der Waals surface area (Å²) >= 11 is 0. The number of nitrogens with one attached hydrogen (secondary N) is 1. The number of hydrogen-bond donors (Lipinski definition) is 2. The summed E-state index contributed by atoms with van der Waals surface area (Å²) in [7, 11) is -2.99. The maximum Gasteiger partial charge on any atom is 0.237 e. The molecular formula is C11H22N2O3S. The van der Waals surface area contributed by atoms with E-state index in [1.807, 2.05) is 13.8 Å².